The maximum Gasteiger partial charge on any atom is 0.196 e. The van der Waals surface area contributed by atoms with Gasteiger partial charge in [0.1, 0.15) is 23.2 Å². The van der Waals surface area contributed by atoms with Crippen LogP contribution in [0.1, 0.15) is 23.7 Å². The molecule has 30 heavy (non-hydrogen) atoms. The zero-order chi connectivity index (χ0) is 19.5. The number of hydrogen-bond acceptors (Lipinski definition) is 5. The van der Waals surface area contributed by atoms with Crippen molar-refractivity contribution in [3.05, 3.63) is 90.6 Å². The molecule has 2 aromatic carbocycles. The molecule has 1 atom stereocenters. The molecule has 5 rings (SSSR count). The van der Waals surface area contributed by atoms with Gasteiger partial charge in [-0.3, -0.25) is 0 Å². The summed E-state index contributed by atoms with van der Waals surface area (Å²) in [6.45, 7) is 0.751. The van der Waals surface area contributed by atoms with Crippen LogP contribution in [0.4, 0.5) is 5.82 Å². The number of fused-ring (bicyclic) bond motifs is 3. The topological polar surface area (TPSA) is 64.1 Å². The van der Waals surface area contributed by atoms with Crippen LogP contribution in [0.3, 0.4) is 0 Å². The number of nitrogens with one attached hydrogen (secondary N) is 1. The highest BCUT2D eigenvalue weighted by Crippen LogP contribution is 2.31. The van der Waals surface area contributed by atoms with Crippen molar-refractivity contribution in [1.82, 2.24) is 9.97 Å². The maximum atomic E-state index is 6.00. The summed E-state index contributed by atoms with van der Waals surface area (Å²) in [7, 11) is 0. The third-order valence-corrected chi connectivity index (χ3v) is 5.21. The van der Waals surface area contributed by atoms with Crippen LogP contribution in [0.5, 0.6) is 0 Å². The standard InChI is InChI=1S/C24H21N3O2.ClH/c1-2-7-17(8-3-1)15-18(20-11-6-14-28-20)12-13-25-24-23-22(26-16-27-24)19-9-4-5-10-21(19)29-23;/h1-11,14,16,18H,12-13,15H2,(H,25,26,27);1H. The van der Waals surface area contributed by atoms with Crippen LogP contribution in [-0.4, -0.2) is 16.5 Å². The first kappa shape index (κ1) is 20.0. The lowest BCUT2D eigenvalue weighted by molar-refractivity contribution is 0.448. The average molecular weight is 420 g/mol. The average Bonchev–Trinajstić information content (AvgIpc) is 3.42. The number of hydrogen-bond donors (Lipinski definition) is 1. The van der Waals surface area contributed by atoms with Gasteiger partial charge in [0, 0.05) is 17.8 Å². The molecule has 0 fully saturated rings. The van der Waals surface area contributed by atoms with Crippen molar-refractivity contribution in [3.63, 3.8) is 0 Å². The Morgan fingerprint density at radius 2 is 1.73 bits per heavy atom. The van der Waals surface area contributed by atoms with Crippen LogP contribution in [0.25, 0.3) is 22.1 Å². The van der Waals surface area contributed by atoms with Gasteiger partial charge in [-0.05, 0) is 42.7 Å². The highest BCUT2D eigenvalue weighted by atomic mass is 35.5. The summed E-state index contributed by atoms with van der Waals surface area (Å²) < 4.78 is 11.7. The molecule has 1 N–H and O–H groups in total. The molecule has 5 aromatic rings. The van der Waals surface area contributed by atoms with Crippen molar-refractivity contribution >= 4 is 40.3 Å². The number of anilines is 1. The van der Waals surface area contributed by atoms with Crippen molar-refractivity contribution in [3.8, 4) is 0 Å². The molecule has 0 bridgehead atoms. The lowest BCUT2D eigenvalue weighted by atomic mass is 9.94. The molecular formula is C24H22ClN3O2. The first-order valence-electron chi connectivity index (χ1n) is 9.82. The number of furan rings is 2. The van der Waals surface area contributed by atoms with Crippen LogP contribution in [0.15, 0.2) is 88.2 Å². The highest BCUT2D eigenvalue weighted by Gasteiger charge is 2.17. The zero-order valence-corrected chi connectivity index (χ0v) is 17.1. The normalized spacial score (nSPS) is 12.0. The number of aromatic nitrogens is 2. The van der Waals surface area contributed by atoms with Crippen molar-refractivity contribution in [2.45, 2.75) is 18.8 Å². The second-order valence-electron chi connectivity index (χ2n) is 7.12. The Kier molecular flexibility index (Phi) is 6.00. The Bertz CT molecular complexity index is 1220. The van der Waals surface area contributed by atoms with E-state index in [0.717, 1.165) is 47.5 Å². The van der Waals surface area contributed by atoms with Gasteiger partial charge in [0.2, 0.25) is 0 Å². The molecule has 0 saturated carbocycles. The molecular weight excluding hydrogens is 398 g/mol. The van der Waals surface area contributed by atoms with E-state index >= 15 is 0 Å². The van der Waals surface area contributed by atoms with Crippen LogP contribution in [-0.2, 0) is 6.42 Å². The Hall–Kier alpha value is -3.31. The second kappa shape index (κ2) is 9.01. The van der Waals surface area contributed by atoms with Crippen molar-refractivity contribution in [1.29, 1.82) is 0 Å². The van der Waals surface area contributed by atoms with E-state index in [1.807, 2.05) is 36.4 Å². The molecule has 152 valence electrons. The lowest BCUT2D eigenvalue weighted by Crippen LogP contribution is -2.11. The van der Waals surface area contributed by atoms with E-state index < -0.39 is 0 Å². The summed E-state index contributed by atoms with van der Waals surface area (Å²) in [6.07, 6.45) is 5.16. The fourth-order valence-electron chi connectivity index (χ4n) is 3.78. The molecule has 6 heteroatoms. The van der Waals surface area contributed by atoms with Gasteiger partial charge in [-0.15, -0.1) is 12.4 Å². The van der Waals surface area contributed by atoms with E-state index in [0.29, 0.717) is 5.58 Å². The highest BCUT2D eigenvalue weighted by molar-refractivity contribution is 6.05. The van der Waals surface area contributed by atoms with Gasteiger partial charge in [-0.2, -0.15) is 0 Å². The minimum atomic E-state index is 0. The van der Waals surface area contributed by atoms with Crippen LogP contribution < -0.4 is 5.32 Å². The largest absolute Gasteiger partial charge is 0.469 e. The summed E-state index contributed by atoms with van der Waals surface area (Å²) in [5.74, 6) is 2.02. The first-order valence-corrected chi connectivity index (χ1v) is 9.82. The molecule has 0 aliphatic heterocycles. The third kappa shape index (κ3) is 4.02. The molecule has 3 heterocycles. The van der Waals surface area contributed by atoms with Gasteiger partial charge < -0.3 is 14.2 Å². The van der Waals surface area contributed by atoms with Gasteiger partial charge in [0.05, 0.1) is 6.26 Å². The number of benzene rings is 2. The fourth-order valence-corrected chi connectivity index (χ4v) is 3.78. The van der Waals surface area contributed by atoms with Gasteiger partial charge in [0.25, 0.3) is 0 Å². The van der Waals surface area contributed by atoms with E-state index in [4.69, 9.17) is 8.83 Å². The van der Waals surface area contributed by atoms with E-state index in [2.05, 4.69) is 45.6 Å². The minimum absolute atomic E-state index is 0. The summed E-state index contributed by atoms with van der Waals surface area (Å²) >= 11 is 0. The SMILES string of the molecule is Cl.c1ccc(CC(CCNc2ncnc3c2oc2ccccc23)c2ccco2)cc1. The predicted molar refractivity (Wildman–Crippen MR) is 121 cm³/mol. The van der Waals surface area contributed by atoms with E-state index in [1.165, 1.54) is 5.56 Å². The van der Waals surface area contributed by atoms with Crippen LogP contribution in [0.2, 0.25) is 0 Å². The summed E-state index contributed by atoms with van der Waals surface area (Å²) in [4.78, 5) is 8.82. The molecule has 3 aromatic heterocycles. The van der Waals surface area contributed by atoms with Crippen LogP contribution in [0, 0.1) is 0 Å². The van der Waals surface area contributed by atoms with Crippen molar-refractivity contribution in [2.24, 2.45) is 0 Å². The maximum absolute atomic E-state index is 6.00. The molecule has 0 spiro atoms. The molecule has 0 aliphatic rings. The minimum Gasteiger partial charge on any atom is -0.469 e. The van der Waals surface area contributed by atoms with E-state index in [9.17, 15) is 0 Å². The first-order chi connectivity index (χ1) is 14.4. The smallest absolute Gasteiger partial charge is 0.196 e. The van der Waals surface area contributed by atoms with Crippen molar-refractivity contribution < 1.29 is 8.83 Å². The van der Waals surface area contributed by atoms with Crippen molar-refractivity contribution in [2.75, 3.05) is 11.9 Å². The van der Waals surface area contributed by atoms with E-state index in [-0.39, 0.29) is 18.3 Å². The summed E-state index contributed by atoms with van der Waals surface area (Å²) in [5, 5.41) is 4.45. The molecule has 1 unspecified atom stereocenters. The lowest BCUT2D eigenvalue weighted by Gasteiger charge is -2.15. The van der Waals surface area contributed by atoms with Gasteiger partial charge >= 0.3 is 0 Å². The molecule has 0 amide bonds. The van der Waals surface area contributed by atoms with Gasteiger partial charge in [0.15, 0.2) is 11.4 Å². The Labute approximate surface area is 180 Å². The number of para-hydroxylation sites is 1. The molecule has 0 aliphatic carbocycles. The van der Waals surface area contributed by atoms with Crippen LogP contribution >= 0.6 is 12.4 Å². The predicted octanol–water partition coefficient (Wildman–Crippen LogP) is 6.22. The Morgan fingerprint density at radius 1 is 0.900 bits per heavy atom. The molecule has 0 saturated heterocycles. The molecule has 0 radical (unpaired) electrons. The second-order valence-corrected chi connectivity index (χ2v) is 7.12. The molecule has 5 nitrogen and oxygen atoms in total. The fraction of sp³-hybridized carbons (Fsp3) is 0.167. The summed E-state index contributed by atoms with van der Waals surface area (Å²) in [5.41, 5.74) is 3.66. The number of rotatable bonds is 7. The Morgan fingerprint density at radius 3 is 2.57 bits per heavy atom. The van der Waals surface area contributed by atoms with Gasteiger partial charge in [-0.25, -0.2) is 9.97 Å². The number of nitrogens with zero attached hydrogens (tertiary/aromatic N) is 2. The monoisotopic (exact) mass is 419 g/mol. The third-order valence-electron chi connectivity index (χ3n) is 5.21. The van der Waals surface area contributed by atoms with Gasteiger partial charge in [-0.1, -0.05) is 42.5 Å². The summed E-state index contributed by atoms with van der Waals surface area (Å²) in [6, 6.07) is 22.4. The quantitative estimate of drug-likeness (QED) is 0.339. The van der Waals surface area contributed by atoms with E-state index in [1.54, 1.807) is 12.6 Å². The zero-order valence-electron chi connectivity index (χ0n) is 16.3. The number of halogens is 1. The Balaban J connectivity index is 0.00000218.